The number of hydrogen-bond donors (Lipinski definition) is 1. The van der Waals surface area contributed by atoms with Crippen molar-refractivity contribution in [3.8, 4) is 0 Å². The number of H-pyrrole nitrogens is 1. The molecule has 0 spiro atoms. The van der Waals surface area contributed by atoms with Crippen LogP contribution in [0.4, 0.5) is 0 Å². The fourth-order valence-corrected chi connectivity index (χ4v) is 2.66. The molecular formula is C20H23NO6. The molecule has 0 saturated heterocycles. The number of aryl methyl sites for hydroxylation is 1. The number of rotatable bonds is 8. The highest BCUT2D eigenvalue weighted by molar-refractivity contribution is 6.00. The molecule has 1 aromatic carbocycles. The van der Waals surface area contributed by atoms with Crippen LogP contribution in [0.1, 0.15) is 51.5 Å². The molecule has 0 unspecified atom stereocenters. The van der Waals surface area contributed by atoms with Crippen LogP contribution in [0.5, 0.6) is 0 Å². The van der Waals surface area contributed by atoms with E-state index in [1.165, 1.54) is 0 Å². The van der Waals surface area contributed by atoms with E-state index < -0.39 is 17.9 Å². The molecule has 2 aromatic rings. The van der Waals surface area contributed by atoms with Crippen LogP contribution < -0.4 is 0 Å². The van der Waals surface area contributed by atoms with E-state index in [2.05, 4.69) is 4.98 Å². The lowest BCUT2D eigenvalue weighted by atomic mass is 10.1. The van der Waals surface area contributed by atoms with E-state index in [-0.39, 0.29) is 43.1 Å². The fourth-order valence-electron chi connectivity index (χ4n) is 2.66. The molecule has 0 radical (unpaired) electrons. The van der Waals surface area contributed by atoms with Gasteiger partial charge < -0.3 is 19.2 Å². The lowest BCUT2D eigenvalue weighted by Gasteiger charge is -2.08. The molecule has 7 heteroatoms. The van der Waals surface area contributed by atoms with Crippen molar-refractivity contribution < 1.29 is 28.6 Å². The van der Waals surface area contributed by atoms with Crippen molar-refractivity contribution in [1.82, 2.24) is 4.98 Å². The molecule has 27 heavy (non-hydrogen) atoms. The molecule has 2 rings (SSSR count). The van der Waals surface area contributed by atoms with Crippen LogP contribution in [-0.2, 0) is 32.0 Å². The Hall–Kier alpha value is -3.09. The minimum absolute atomic E-state index is 0.0639. The Balaban J connectivity index is 2.30. The first kappa shape index (κ1) is 20.2. The molecule has 0 aliphatic heterocycles. The minimum atomic E-state index is -0.637. The topological polar surface area (TPSA) is 94.7 Å². The maximum atomic E-state index is 12.6. The number of ether oxygens (including phenoxy) is 3. The number of hydrogen-bond acceptors (Lipinski definition) is 6. The second-order valence-corrected chi connectivity index (χ2v) is 5.74. The van der Waals surface area contributed by atoms with Crippen molar-refractivity contribution in [3.05, 3.63) is 58.4 Å². The molecule has 0 fully saturated rings. The van der Waals surface area contributed by atoms with Crippen molar-refractivity contribution >= 4 is 17.9 Å². The highest BCUT2D eigenvalue weighted by Gasteiger charge is 2.28. The van der Waals surface area contributed by atoms with Crippen LogP contribution in [0.25, 0.3) is 0 Å². The highest BCUT2D eigenvalue weighted by Crippen LogP contribution is 2.23. The molecule has 0 saturated carbocycles. The summed E-state index contributed by atoms with van der Waals surface area (Å²) in [7, 11) is 0. The van der Waals surface area contributed by atoms with E-state index in [4.69, 9.17) is 14.2 Å². The van der Waals surface area contributed by atoms with E-state index in [0.717, 1.165) is 5.56 Å². The first-order valence-electron chi connectivity index (χ1n) is 8.73. The van der Waals surface area contributed by atoms with Crippen molar-refractivity contribution in [1.29, 1.82) is 0 Å². The summed E-state index contributed by atoms with van der Waals surface area (Å²) in [4.78, 5) is 39.7. The van der Waals surface area contributed by atoms with Gasteiger partial charge >= 0.3 is 17.9 Å². The molecule has 7 nitrogen and oxygen atoms in total. The molecule has 0 atom stereocenters. The van der Waals surface area contributed by atoms with E-state index in [1.54, 1.807) is 20.8 Å². The molecule has 0 amide bonds. The Morgan fingerprint density at radius 1 is 0.926 bits per heavy atom. The zero-order chi connectivity index (χ0) is 19.8. The summed E-state index contributed by atoms with van der Waals surface area (Å²) < 4.78 is 15.3. The molecular weight excluding hydrogens is 350 g/mol. The van der Waals surface area contributed by atoms with Crippen LogP contribution in [0.15, 0.2) is 30.3 Å². The summed E-state index contributed by atoms with van der Waals surface area (Å²) in [6, 6.07) is 9.22. The zero-order valence-corrected chi connectivity index (χ0v) is 15.7. The Bertz CT molecular complexity index is 809. The van der Waals surface area contributed by atoms with E-state index in [1.807, 2.05) is 30.3 Å². The van der Waals surface area contributed by atoms with Gasteiger partial charge in [0, 0.05) is 11.3 Å². The van der Waals surface area contributed by atoms with Gasteiger partial charge in [-0.25, -0.2) is 9.59 Å². The monoisotopic (exact) mass is 373 g/mol. The zero-order valence-electron chi connectivity index (χ0n) is 15.7. The van der Waals surface area contributed by atoms with Gasteiger partial charge in [-0.2, -0.15) is 0 Å². The van der Waals surface area contributed by atoms with Crippen LogP contribution in [-0.4, -0.2) is 36.1 Å². The van der Waals surface area contributed by atoms with Crippen LogP contribution in [0.3, 0.4) is 0 Å². The van der Waals surface area contributed by atoms with Gasteiger partial charge in [0.05, 0.1) is 25.2 Å². The molecule has 1 heterocycles. The number of carbonyl (C=O) groups excluding carboxylic acids is 3. The first-order chi connectivity index (χ1) is 13.0. The van der Waals surface area contributed by atoms with Gasteiger partial charge in [0.25, 0.3) is 0 Å². The van der Waals surface area contributed by atoms with E-state index >= 15 is 0 Å². The van der Waals surface area contributed by atoms with Crippen LogP contribution >= 0.6 is 0 Å². The van der Waals surface area contributed by atoms with Gasteiger partial charge in [0.15, 0.2) is 0 Å². The normalized spacial score (nSPS) is 10.3. The average molecular weight is 373 g/mol. The molecule has 0 aliphatic carbocycles. The average Bonchev–Trinajstić information content (AvgIpc) is 2.97. The number of esters is 3. The summed E-state index contributed by atoms with van der Waals surface area (Å²) in [5.41, 5.74) is 1.70. The minimum Gasteiger partial charge on any atom is -0.466 e. The van der Waals surface area contributed by atoms with E-state index in [9.17, 15) is 14.4 Å². The molecule has 144 valence electrons. The SMILES string of the molecule is CCOC(=O)Cc1c(C(=O)OCC)[nH]c(C)c1C(=O)OCc1ccccc1. The van der Waals surface area contributed by atoms with Crippen molar-refractivity contribution in [2.45, 2.75) is 33.8 Å². The number of carbonyl (C=O) groups is 3. The van der Waals surface area contributed by atoms with Crippen molar-refractivity contribution in [2.24, 2.45) is 0 Å². The largest absolute Gasteiger partial charge is 0.466 e. The standard InChI is InChI=1S/C20H23NO6/c1-4-25-16(22)11-15-17(13(3)21-18(15)20(24)26-5-2)19(23)27-12-14-9-7-6-8-10-14/h6-10,21H,4-5,11-12H2,1-3H3. The number of benzene rings is 1. The van der Waals surface area contributed by atoms with Crippen LogP contribution in [0.2, 0.25) is 0 Å². The molecule has 1 aromatic heterocycles. The van der Waals surface area contributed by atoms with Crippen LogP contribution in [0, 0.1) is 6.92 Å². The first-order valence-corrected chi connectivity index (χ1v) is 8.73. The third kappa shape index (κ3) is 5.20. The quantitative estimate of drug-likeness (QED) is 0.565. The van der Waals surface area contributed by atoms with Gasteiger partial charge in [-0.05, 0) is 26.3 Å². The predicted molar refractivity (Wildman–Crippen MR) is 97.4 cm³/mol. The molecule has 0 aliphatic rings. The highest BCUT2D eigenvalue weighted by atomic mass is 16.5. The second-order valence-electron chi connectivity index (χ2n) is 5.74. The second kappa shape index (κ2) is 9.56. The summed E-state index contributed by atoms with van der Waals surface area (Å²) in [5, 5.41) is 0. The number of aromatic amines is 1. The Morgan fingerprint density at radius 2 is 1.59 bits per heavy atom. The van der Waals surface area contributed by atoms with E-state index in [0.29, 0.717) is 5.69 Å². The number of aromatic nitrogens is 1. The Kier molecular flexibility index (Phi) is 7.16. The lowest BCUT2D eigenvalue weighted by Crippen LogP contribution is -2.16. The fraction of sp³-hybridized carbons (Fsp3) is 0.350. The van der Waals surface area contributed by atoms with Gasteiger partial charge in [0.2, 0.25) is 0 Å². The van der Waals surface area contributed by atoms with Gasteiger partial charge in [-0.15, -0.1) is 0 Å². The Morgan fingerprint density at radius 3 is 2.22 bits per heavy atom. The third-order valence-corrected chi connectivity index (χ3v) is 3.81. The summed E-state index contributed by atoms with van der Waals surface area (Å²) >= 11 is 0. The van der Waals surface area contributed by atoms with Crippen molar-refractivity contribution in [3.63, 3.8) is 0 Å². The van der Waals surface area contributed by atoms with Gasteiger partial charge in [-0.1, -0.05) is 30.3 Å². The predicted octanol–water partition coefficient (Wildman–Crippen LogP) is 2.96. The maximum Gasteiger partial charge on any atom is 0.355 e. The summed E-state index contributed by atoms with van der Waals surface area (Å²) in [6.45, 7) is 5.44. The summed E-state index contributed by atoms with van der Waals surface area (Å²) in [5.74, 6) is -1.80. The molecule has 1 N–H and O–H groups in total. The lowest BCUT2D eigenvalue weighted by molar-refractivity contribution is -0.142. The van der Waals surface area contributed by atoms with Gasteiger partial charge in [0.1, 0.15) is 12.3 Å². The maximum absolute atomic E-state index is 12.6. The Labute approximate surface area is 157 Å². The van der Waals surface area contributed by atoms with Crippen molar-refractivity contribution in [2.75, 3.05) is 13.2 Å². The molecule has 0 bridgehead atoms. The smallest absolute Gasteiger partial charge is 0.355 e. The number of nitrogens with one attached hydrogen (secondary N) is 1. The van der Waals surface area contributed by atoms with Gasteiger partial charge in [-0.3, -0.25) is 4.79 Å². The third-order valence-electron chi connectivity index (χ3n) is 3.81. The summed E-state index contributed by atoms with van der Waals surface area (Å²) in [6.07, 6.45) is -0.234.